The van der Waals surface area contributed by atoms with Crippen LogP contribution in [0.1, 0.15) is 56.6 Å². The minimum Gasteiger partial charge on any atom is -0.507 e. The van der Waals surface area contributed by atoms with Crippen molar-refractivity contribution in [2.45, 2.75) is 68.7 Å². The van der Waals surface area contributed by atoms with Gasteiger partial charge in [0.05, 0.1) is 40.8 Å². The lowest BCUT2D eigenvalue weighted by Crippen LogP contribution is -2.54. The van der Waals surface area contributed by atoms with Crippen LogP contribution >= 0.6 is 0 Å². The number of phenols is 1. The van der Waals surface area contributed by atoms with Crippen molar-refractivity contribution in [3.8, 4) is 5.75 Å². The Morgan fingerprint density at radius 1 is 0.897 bits per heavy atom. The van der Waals surface area contributed by atoms with Crippen molar-refractivity contribution in [2.75, 3.05) is 74.6 Å². The first-order valence-corrected chi connectivity index (χ1v) is 21.0. The van der Waals surface area contributed by atoms with E-state index in [1.807, 2.05) is 18.2 Å². The van der Waals surface area contributed by atoms with Gasteiger partial charge in [0.25, 0.3) is 0 Å². The average Bonchev–Trinajstić information content (AvgIpc) is 3.90. The summed E-state index contributed by atoms with van der Waals surface area (Å²) in [4.78, 5) is 9.51. The van der Waals surface area contributed by atoms with Crippen molar-refractivity contribution in [3.05, 3.63) is 102 Å². The van der Waals surface area contributed by atoms with E-state index in [0.29, 0.717) is 53.9 Å². The molecule has 0 aliphatic carbocycles. The molecule has 0 saturated carbocycles. The number of nitrogens with two attached hydrogens (primary N) is 3. The number of aromatic nitrogens is 1. The molecule has 1 aromatic heterocycles. The number of phenolic OH excluding ortho intramolecular Hbond substituents is 1. The molecule has 1 spiro atoms. The van der Waals surface area contributed by atoms with Crippen LogP contribution in [0.4, 0.5) is 25.8 Å². The third-order valence-electron chi connectivity index (χ3n) is 13.8. The predicted octanol–water partition coefficient (Wildman–Crippen LogP) is 6.12. The molecule has 5 saturated heterocycles. The summed E-state index contributed by atoms with van der Waals surface area (Å²) in [6.07, 6.45) is 10.9. The van der Waals surface area contributed by atoms with E-state index in [-0.39, 0.29) is 46.9 Å². The highest BCUT2D eigenvalue weighted by molar-refractivity contribution is 5.84. The van der Waals surface area contributed by atoms with Crippen LogP contribution in [0.25, 0.3) is 16.6 Å². The molecule has 13 heteroatoms. The fourth-order valence-corrected chi connectivity index (χ4v) is 10.6. The van der Waals surface area contributed by atoms with Crippen LogP contribution in [0.3, 0.4) is 0 Å². The smallest absolute Gasteiger partial charge is 0.148 e. The highest BCUT2D eigenvalue weighted by atomic mass is 19.1. The number of halogens is 2. The molecule has 8 N–H and O–H groups in total. The fraction of sp³-hybridized carbons (Fsp3) is 0.467. The number of rotatable bonds is 9. The number of nitrogens with one attached hydrogen (secondary N) is 1. The third kappa shape index (κ3) is 7.27. The number of hydrogen-bond donors (Lipinski definition) is 5. The zero-order chi connectivity index (χ0) is 40.1. The van der Waals surface area contributed by atoms with Gasteiger partial charge in [-0.05, 0) is 99.4 Å². The van der Waals surface area contributed by atoms with Gasteiger partial charge in [0.15, 0.2) is 0 Å². The fourth-order valence-electron chi connectivity index (χ4n) is 10.6. The van der Waals surface area contributed by atoms with E-state index in [0.717, 1.165) is 94.3 Å². The van der Waals surface area contributed by atoms with Gasteiger partial charge >= 0.3 is 0 Å². The maximum atomic E-state index is 15.6. The molecule has 308 valence electrons. The lowest BCUT2D eigenvalue weighted by Gasteiger charge is -2.44. The first-order chi connectivity index (χ1) is 28.1. The van der Waals surface area contributed by atoms with Crippen LogP contribution in [-0.4, -0.2) is 96.6 Å². The number of piperazine rings is 1. The molecule has 0 radical (unpaired) electrons. The lowest BCUT2D eigenvalue weighted by atomic mass is 9.86. The summed E-state index contributed by atoms with van der Waals surface area (Å²) >= 11 is 0. The Morgan fingerprint density at radius 2 is 1.64 bits per heavy atom. The summed E-state index contributed by atoms with van der Waals surface area (Å²) in [5.41, 5.74) is 23.5. The van der Waals surface area contributed by atoms with Gasteiger partial charge in [-0.25, -0.2) is 8.78 Å². The van der Waals surface area contributed by atoms with Crippen LogP contribution in [0.2, 0.25) is 0 Å². The number of allylic oxidation sites excluding steroid dienone is 1. The maximum absolute atomic E-state index is 15.6. The highest BCUT2D eigenvalue weighted by Crippen LogP contribution is 2.43. The summed E-state index contributed by atoms with van der Waals surface area (Å²) in [6, 6.07) is 18.8. The van der Waals surface area contributed by atoms with Gasteiger partial charge in [0.1, 0.15) is 23.2 Å². The zero-order valence-corrected chi connectivity index (χ0v) is 33.4. The number of nitrogens with zero attached hydrogens (tertiary/aromatic N) is 5. The number of aromatic hydroxyl groups is 1. The van der Waals surface area contributed by atoms with Gasteiger partial charge < -0.3 is 56.5 Å². The molecule has 3 unspecified atom stereocenters. The molecule has 3 aromatic carbocycles. The summed E-state index contributed by atoms with van der Waals surface area (Å²) in [5, 5.41) is 14.3. The Labute approximate surface area is 339 Å². The van der Waals surface area contributed by atoms with Crippen LogP contribution in [0.5, 0.6) is 5.75 Å². The molecule has 0 amide bonds. The van der Waals surface area contributed by atoms with Crippen LogP contribution < -0.4 is 32.3 Å². The Bertz CT molecular complexity index is 2190. The molecule has 5 aliphatic rings. The number of piperidine rings is 2. The Balaban J connectivity index is 0.785. The van der Waals surface area contributed by atoms with E-state index in [2.05, 4.69) is 47.8 Å². The second-order valence-corrected chi connectivity index (χ2v) is 17.2. The van der Waals surface area contributed by atoms with Crippen LogP contribution in [0, 0.1) is 17.6 Å². The van der Waals surface area contributed by atoms with Crippen molar-refractivity contribution in [1.29, 1.82) is 0 Å². The Hall–Kier alpha value is -5.14. The van der Waals surface area contributed by atoms with E-state index in [1.165, 1.54) is 0 Å². The van der Waals surface area contributed by atoms with E-state index in [9.17, 15) is 9.50 Å². The van der Waals surface area contributed by atoms with Crippen molar-refractivity contribution >= 4 is 33.7 Å². The van der Waals surface area contributed by atoms with Gasteiger partial charge in [-0.2, -0.15) is 0 Å². The van der Waals surface area contributed by atoms with Gasteiger partial charge in [-0.3, -0.25) is 0 Å². The number of anilines is 3. The molecule has 2 bridgehead atoms. The second kappa shape index (κ2) is 15.6. The monoisotopic (exact) mass is 793 g/mol. The second-order valence-electron chi connectivity index (χ2n) is 17.2. The number of ether oxygens (including phenoxy) is 1. The summed E-state index contributed by atoms with van der Waals surface area (Å²) in [6.45, 7) is 6.84. The molecule has 58 heavy (non-hydrogen) atoms. The number of benzene rings is 3. The van der Waals surface area contributed by atoms with Gasteiger partial charge in [-0.1, -0.05) is 12.1 Å². The Morgan fingerprint density at radius 3 is 2.34 bits per heavy atom. The minimum absolute atomic E-state index is 0.101. The molecule has 11 nitrogen and oxygen atoms in total. The van der Waals surface area contributed by atoms with Crippen LogP contribution in [0.15, 0.2) is 84.5 Å². The van der Waals surface area contributed by atoms with Gasteiger partial charge in [0.2, 0.25) is 0 Å². The van der Waals surface area contributed by atoms with E-state index in [1.54, 1.807) is 43.5 Å². The molecule has 5 fully saturated rings. The largest absolute Gasteiger partial charge is 0.507 e. The van der Waals surface area contributed by atoms with Crippen molar-refractivity contribution < 1.29 is 18.6 Å². The lowest BCUT2D eigenvalue weighted by molar-refractivity contribution is -0.0461. The molecule has 5 aliphatic heterocycles. The van der Waals surface area contributed by atoms with Crippen molar-refractivity contribution in [1.82, 2.24) is 14.4 Å². The minimum atomic E-state index is -0.232. The van der Waals surface area contributed by atoms with Gasteiger partial charge in [-0.15, -0.1) is 0 Å². The number of para-hydroxylation sites is 1. The number of fused-ring (bicyclic) bond motifs is 3. The average molecular weight is 794 g/mol. The predicted molar refractivity (Wildman–Crippen MR) is 227 cm³/mol. The first kappa shape index (κ1) is 38.4. The quantitative estimate of drug-likeness (QED) is 0.126. The summed E-state index contributed by atoms with van der Waals surface area (Å²) in [5.74, 6) is 0.460. The molecule has 6 heterocycles. The summed E-state index contributed by atoms with van der Waals surface area (Å²) < 4.78 is 39.0. The summed E-state index contributed by atoms with van der Waals surface area (Å²) in [7, 11) is 1.74. The zero-order valence-electron chi connectivity index (χ0n) is 33.4. The van der Waals surface area contributed by atoms with Gasteiger partial charge in [0, 0.05) is 99.5 Å². The molecule has 3 atom stereocenters. The van der Waals surface area contributed by atoms with E-state index < -0.39 is 0 Å². The molecular formula is C45H57F2N9O2. The maximum Gasteiger partial charge on any atom is 0.148 e. The molecular weight excluding hydrogens is 737 g/mol. The van der Waals surface area contributed by atoms with Crippen molar-refractivity contribution in [2.24, 2.45) is 23.1 Å². The highest BCUT2D eigenvalue weighted by Gasteiger charge is 2.44. The Kier molecular flexibility index (Phi) is 10.3. The topological polar surface area (TPSA) is 137 Å². The number of likely N-dealkylation sites (tertiary alicyclic amines) is 2. The molecule has 4 aromatic rings. The number of hydrogen-bond acceptors (Lipinski definition) is 10. The SMILES string of the molecule is CNc1cc2ccn(C3COC4(CCN(CC5CCN(c6cc(N7C8CCC7CN(C(/C=C(\N)c7ccccc7O)=C(N)N)C8)ccc6F)CC5)CC4)C3)c2cc1F. The van der Waals surface area contributed by atoms with E-state index >= 15 is 4.39 Å². The van der Waals surface area contributed by atoms with Crippen molar-refractivity contribution in [3.63, 3.8) is 0 Å². The van der Waals surface area contributed by atoms with E-state index in [4.69, 9.17) is 21.9 Å². The van der Waals surface area contributed by atoms with Crippen LogP contribution in [-0.2, 0) is 4.74 Å². The first-order valence-electron chi connectivity index (χ1n) is 21.0. The normalized spacial score (nSPS) is 23.9. The standard InChI is InChI=1S/C45H57F2N9O2/c1-51-39-20-30-12-17-55(40(30)22-37(39)47)34-24-45(58-28-34)13-18-52(19-14-45)25-29-10-15-53(16-11-29)41-21-31(8-9-36(41)46)56-32-6-7-33(56)27-54(26-32)42(44(49)50)23-38(48)35-4-2-3-5-43(35)57/h2-5,8-9,12,17,20-23,29,32-34,51,57H,6-7,10-11,13-16,18-19,24-28,48-50H2,1H3/b38-23-. The third-order valence-corrected chi connectivity index (χ3v) is 13.8. The molecule has 9 rings (SSSR count).